The maximum Gasteiger partial charge on any atom is 0.241 e. The molecule has 2 nitrogen and oxygen atoms in total. The molecule has 2 rings (SSSR count). The van der Waals surface area contributed by atoms with Gasteiger partial charge in [-0.3, -0.25) is 0 Å². The topological polar surface area (TPSA) is 18.5 Å². The first-order valence-electron chi connectivity index (χ1n) is 10.9. The van der Waals surface area contributed by atoms with Crippen LogP contribution in [0.4, 0.5) is 0 Å². The monoisotopic (exact) mass is 418 g/mol. The molecule has 1 aliphatic carbocycles. The fourth-order valence-electron chi connectivity index (χ4n) is 3.92. The number of benzene rings is 1. The van der Waals surface area contributed by atoms with E-state index >= 15 is 0 Å². The van der Waals surface area contributed by atoms with Crippen molar-refractivity contribution in [2.75, 3.05) is 0 Å². The smallest absolute Gasteiger partial charge is 0.241 e. The van der Waals surface area contributed by atoms with E-state index in [4.69, 9.17) is 8.85 Å². The van der Waals surface area contributed by atoms with Crippen molar-refractivity contribution in [2.24, 2.45) is 5.92 Å². The van der Waals surface area contributed by atoms with Gasteiger partial charge in [-0.2, -0.15) is 0 Å². The quantitative estimate of drug-likeness (QED) is 0.351. The summed E-state index contributed by atoms with van der Waals surface area (Å²) in [7, 11) is -3.49. The summed E-state index contributed by atoms with van der Waals surface area (Å²) in [6.07, 6.45) is 4.88. The molecule has 0 spiro atoms. The van der Waals surface area contributed by atoms with Gasteiger partial charge in [-0.15, -0.1) is 0 Å². The Morgan fingerprint density at radius 1 is 1.00 bits per heavy atom. The molecule has 0 aliphatic heterocycles. The lowest BCUT2D eigenvalue weighted by Gasteiger charge is -2.43. The van der Waals surface area contributed by atoms with Crippen LogP contribution in [0.25, 0.3) is 0 Å². The van der Waals surface area contributed by atoms with Crippen LogP contribution in [0.1, 0.15) is 52.5 Å². The van der Waals surface area contributed by atoms with Crippen LogP contribution in [0, 0.1) is 5.92 Å². The molecule has 4 heteroatoms. The van der Waals surface area contributed by atoms with Crippen molar-refractivity contribution >= 4 is 16.6 Å². The fourth-order valence-corrected chi connectivity index (χ4v) is 6.27. The molecule has 0 aromatic heterocycles. The average Bonchev–Trinajstić information content (AvgIpc) is 2.52. The van der Waals surface area contributed by atoms with E-state index in [-0.39, 0.29) is 11.1 Å². The maximum absolute atomic E-state index is 6.98. The molecule has 1 saturated carbocycles. The standard InChI is InChI=1S/C24H42O2Si2/c1-19(25-27(5,6)7)23-21(18-20-14-11-10-12-15-20)16-13-17-22(23)26-28(8,9)24(2,3)4/h10-12,14-15,21-22H,13,16-18H2,1-9H3/b23-19+/t21-,22+/m0/s1. The Morgan fingerprint density at radius 3 is 2.14 bits per heavy atom. The highest BCUT2D eigenvalue weighted by atomic mass is 28.4. The molecule has 1 aromatic carbocycles. The summed E-state index contributed by atoms with van der Waals surface area (Å²) in [6, 6.07) is 10.9. The second kappa shape index (κ2) is 8.89. The van der Waals surface area contributed by atoms with Crippen LogP contribution in [-0.2, 0) is 15.3 Å². The SMILES string of the molecule is C/C(O[Si](C)(C)C)=C1/[C@H](Cc2ccccc2)CCC[C@H]1O[Si](C)(C)C(C)(C)C. The molecule has 158 valence electrons. The summed E-state index contributed by atoms with van der Waals surface area (Å²) in [6.45, 7) is 20.8. The molecule has 1 aliphatic rings. The van der Waals surface area contributed by atoms with Crippen molar-refractivity contribution in [2.45, 2.75) is 97.3 Å². The van der Waals surface area contributed by atoms with Gasteiger partial charge in [-0.25, -0.2) is 0 Å². The molecule has 0 heterocycles. The average molecular weight is 419 g/mol. The molecule has 1 fully saturated rings. The summed E-state index contributed by atoms with van der Waals surface area (Å²) in [4.78, 5) is 0. The minimum absolute atomic E-state index is 0.208. The first kappa shape index (κ1) is 23.4. The molecule has 28 heavy (non-hydrogen) atoms. The predicted octanol–water partition coefficient (Wildman–Crippen LogP) is 7.55. The predicted molar refractivity (Wildman–Crippen MR) is 127 cm³/mol. The second-order valence-corrected chi connectivity index (χ2v) is 20.1. The Balaban J connectivity index is 2.38. The van der Waals surface area contributed by atoms with Gasteiger partial charge in [-0.05, 0) is 87.4 Å². The minimum atomic E-state index is -1.84. The van der Waals surface area contributed by atoms with Crippen LogP contribution in [0.15, 0.2) is 41.7 Å². The van der Waals surface area contributed by atoms with Gasteiger partial charge >= 0.3 is 0 Å². The van der Waals surface area contributed by atoms with Gasteiger partial charge in [0, 0.05) is 0 Å². The number of hydrogen-bond donors (Lipinski definition) is 0. The van der Waals surface area contributed by atoms with Crippen molar-refractivity contribution in [3.05, 3.63) is 47.2 Å². The Bertz CT molecular complexity index is 666. The third kappa shape index (κ3) is 6.33. The van der Waals surface area contributed by atoms with Crippen molar-refractivity contribution in [1.29, 1.82) is 0 Å². The Hall–Kier alpha value is -0.846. The Labute approximate surface area is 176 Å². The molecule has 0 bridgehead atoms. The largest absolute Gasteiger partial charge is 0.547 e. The van der Waals surface area contributed by atoms with Crippen molar-refractivity contribution in [1.82, 2.24) is 0 Å². The molecular formula is C24H42O2Si2. The van der Waals surface area contributed by atoms with E-state index in [9.17, 15) is 0 Å². The van der Waals surface area contributed by atoms with Gasteiger partial charge < -0.3 is 8.85 Å². The van der Waals surface area contributed by atoms with Crippen LogP contribution in [0.2, 0.25) is 37.8 Å². The van der Waals surface area contributed by atoms with E-state index in [2.05, 4.69) is 90.8 Å². The van der Waals surface area contributed by atoms with Crippen molar-refractivity contribution in [3.8, 4) is 0 Å². The molecule has 0 saturated heterocycles. The first-order valence-corrected chi connectivity index (χ1v) is 17.2. The van der Waals surface area contributed by atoms with E-state index in [1.807, 2.05) is 0 Å². The summed E-state index contributed by atoms with van der Waals surface area (Å²) in [5.74, 6) is 1.66. The molecule has 2 atom stereocenters. The zero-order valence-corrected chi connectivity index (χ0v) is 21.7. The highest BCUT2D eigenvalue weighted by Gasteiger charge is 2.42. The van der Waals surface area contributed by atoms with E-state index < -0.39 is 16.6 Å². The first-order chi connectivity index (χ1) is 12.8. The maximum atomic E-state index is 6.98. The van der Waals surface area contributed by atoms with Gasteiger partial charge in [-0.1, -0.05) is 51.1 Å². The van der Waals surface area contributed by atoms with Crippen molar-refractivity contribution < 1.29 is 8.85 Å². The van der Waals surface area contributed by atoms with Gasteiger partial charge in [0.1, 0.15) is 0 Å². The third-order valence-electron chi connectivity index (χ3n) is 6.24. The summed E-state index contributed by atoms with van der Waals surface area (Å²) < 4.78 is 13.5. The minimum Gasteiger partial charge on any atom is -0.547 e. The van der Waals surface area contributed by atoms with Gasteiger partial charge in [0.15, 0.2) is 8.32 Å². The van der Waals surface area contributed by atoms with Gasteiger partial charge in [0.25, 0.3) is 0 Å². The molecule has 1 aromatic rings. The lowest BCUT2D eigenvalue weighted by Crippen LogP contribution is -2.46. The highest BCUT2D eigenvalue weighted by molar-refractivity contribution is 6.74. The van der Waals surface area contributed by atoms with Crippen LogP contribution >= 0.6 is 0 Å². The van der Waals surface area contributed by atoms with Gasteiger partial charge in [0.05, 0.1) is 11.9 Å². The number of hydrogen-bond acceptors (Lipinski definition) is 2. The van der Waals surface area contributed by atoms with Gasteiger partial charge in [0.2, 0.25) is 8.32 Å². The van der Waals surface area contributed by atoms with E-state index in [0.717, 1.165) is 18.6 Å². The summed E-state index contributed by atoms with van der Waals surface area (Å²) in [5.41, 5.74) is 2.86. The summed E-state index contributed by atoms with van der Waals surface area (Å²) >= 11 is 0. The normalized spacial score (nSPS) is 23.5. The Kier molecular flexibility index (Phi) is 7.44. The second-order valence-electron chi connectivity index (χ2n) is 10.9. The molecule has 0 radical (unpaired) electrons. The molecule has 0 N–H and O–H groups in total. The number of allylic oxidation sites excluding steroid dienone is 1. The van der Waals surface area contributed by atoms with Crippen LogP contribution in [-0.4, -0.2) is 22.7 Å². The van der Waals surface area contributed by atoms with Crippen LogP contribution in [0.3, 0.4) is 0 Å². The lowest BCUT2D eigenvalue weighted by molar-refractivity contribution is 0.157. The fraction of sp³-hybridized carbons (Fsp3) is 0.667. The molecular weight excluding hydrogens is 376 g/mol. The zero-order valence-electron chi connectivity index (χ0n) is 19.7. The highest BCUT2D eigenvalue weighted by Crippen LogP contribution is 2.43. The third-order valence-corrected chi connectivity index (χ3v) is 11.6. The van der Waals surface area contributed by atoms with E-state index in [1.54, 1.807) is 0 Å². The lowest BCUT2D eigenvalue weighted by atomic mass is 9.78. The summed E-state index contributed by atoms with van der Waals surface area (Å²) in [5, 5.41) is 0.220. The molecule has 0 amide bonds. The van der Waals surface area contributed by atoms with Crippen LogP contribution < -0.4 is 0 Å². The molecule has 0 unspecified atom stereocenters. The van der Waals surface area contributed by atoms with E-state index in [1.165, 1.54) is 24.0 Å². The number of rotatable bonds is 6. The Morgan fingerprint density at radius 2 is 1.61 bits per heavy atom. The van der Waals surface area contributed by atoms with Crippen LogP contribution in [0.5, 0.6) is 0 Å². The zero-order chi connectivity index (χ0) is 21.2. The van der Waals surface area contributed by atoms with Crippen molar-refractivity contribution in [3.63, 3.8) is 0 Å². The van der Waals surface area contributed by atoms with E-state index in [0.29, 0.717) is 5.92 Å².